The third-order valence-corrected chi connectivity index (χ3v) is 4.09. The van der Waals surface area contributed by atoms with Crippen LogP contribution in [0.5, 0.6) is 5.75 Å². The summed E-state index contributed by atoms with van der Waals surface area (Å²) in [4.78, 5) is 12.3. The summed E-state index contributed by atoms with van der Waals surface area (Å²) < 4.78 is 5.78. The van der Waals surface area contributed by atoms with Crippen molar-refractivity contribution in [3.8, 4) is 5.75 Å². The number of carbonyl (C=O) groups excluding carboxylic acids is 1. The number of anilines is 1. The van der Waals surface area contributed by atoms with Gasteiger partial charge in [-0.1, -0.05) is 54.6 Å². The molecule has 3 aromatic rings. The molecule has 0 aliphatic rings. The van der Waals surface area contributed by atoms with E-state index in [4.69, 9.17) is 4.74 Å². The van der Waals surface area contributed by atoms with Crippen LogP contribution in [0.15, 0.2) is 84.9 Å². The summed E-state index contributed by atoms with van der Waals surface area (Å²) in [6.45, 7) is 1.91. The summed E-state index contributed by atoms with van der Waals surface area (Å²) in [5.41, 5.74) is 2.79. The highest BCUT2D eigenvalue weighted by molar-refractivity contribution is 5.94. The standard InChI is InChI=1S/C23H24N2O2/c26-23(25-16-8-15-24-21-12-5-2-6-13-21)20-11-7-14-22(17-20)27-18-19-9-3-1-4-10-19/h1-7,9-14,17,24H,8,15-16,18H2,(H,25,26). The van der Waals surface area contributed by atoms with Gasteiger partial charge in [0.25, 0.3) is 5.91 Å². The van der Waals surface area contributed by atoms with Gasteiger partial charge in [0.2, 0.25) is 0 Å². The Hall–Kier alpha value is -3.27. The Morgan fingerprint density at radius 2 is 1.56 bits per heavy atom. The average molecular weight is 360 g/mol. The number of rotatable bonds is 9. The van der Waals surface area contributed by atoms with E-state index in [1.54, 1.807) is 12.1 Å². The number of hydrogen-bond acceptors (Lipinski definition) is 3. The van der Waals surface area contributed by atoms with Gasteiger partial charge in [0.15, 0.2) is 0 Å². The Labute approximate surface area is 160 Å². The van der Waals surface area contributed by atoms with Crippen molar-refractivity contribution in [3.63, 3.8) is 0 Å². The molecular weight excluding hydrogens is 336 g/mol. The van der Waals surface area contributed by atoms with E-state index < -0.39 is 0 Å². The van der Waals surface area contributed by atoms with Crippen molar-refractivity contribution < 1.29 is 9.53 Å². The van der Waals surface area contributed by atoms with Crippen molar-refractivity contribution in [2.24, 2.45) is 0 Å². The lowest BCUT2D eigenvalue weighted by Crippen LogP contribution is -2.25. The van der Waals surface area contributed by atoms with Crippen LogP contribution in [-0.4, -0.2) is 19.0 Å². The minimum Gasteiger partial charge on any atom is -0.489 e. The second-order valence-corrected chi connectivity index (χ2v) is 6.20. The predicted octanol–water partition coefficient (Wildman–Crippen LogP) is 4.50. The second-order valence-electron chi connectivity index (χ2n) is 6.20. The Balaban J connectivity index is 1.41. The molecule has 1 amide bonds. The zero-order chi connectivity index (χ0) is 18.7. The van der Waals surface area contributed by atoms with E-state index in [1.807, 2.05) is 72.8 Å². The summed E-state index contributed by atoms with van der Waals surface area (Å²) >= 11 is 0. The van der Waals surface area contributed by atoms with Crippen molar-refractivity contribution in [1.82, 2.24) is 5.32 Å². The third-order valence-electron chi connectivity index (χ3n) is 4.09. The predicted molar refractivity (Wildman–Crippen MR) is 109 cm³/mol. The molecule has 4 nitrogen and oxygen atoms in total. The Kier molecular flexibility index (Phi) is 6.87. The fraction of sp³-hybridized carbons (Fsp3) is 0.174. The number of carbonyl (C=O) groups is 1. The molecule has 0 aliphatic heterocycles. The van der Waals surface area contributed by atoms with E-state index in [2.05, 4.69) is 10.6 Å². The molecule has 3 aromatic carbocycles. The first-order valence-electron chi connectivity index (χ1n) is 9.15. The van der Waals surface area contributed by atoms with E-state index in [0.29, 0.717) is 24.5 Å². The number of nitrogens with one attached hydrogen (secondary N) is 2. The summed E-state index contributed by atoms with van der Waals surface area (Å²) in [6, 6.07) is 27.3. The van der Waals surface area contributed by atoms with Crippen molar-refractivity contribution in [2.75, 3.05) is 18.4 Å². The van der Waals surface area contributed by atoms with Crippen LogP contribution in [0.2, 0.25) is 0 Å². The largest absolute Gasteiger partial charge is 0.489 e. The molecular formula is C23H24N2O2. The molecule has 0 saturated carbocycles. The van der Waals surface area contributed by atoms with Crippen LogP contribution < -0.4 is 15.4 Å². The van der Waals surface area contributed by atoms with E-state index in [1.165, 1.54) is 0 Å². The van der Waals surface area contributed by atoms with Gasteiger partial charge >= 0.3 is 0 Å². The molecule has 138 valence electrons. The summed E-state index contributed by atoms with van der Waals surface area (Å²) in [6.07, 6.45) is 0.852. The normalized spacial score (nSPS) is 10.2. The molecule has 0 bridgehead atoms. The van der Waals surface area contributed by atoms with Crippen LogP contribution in [0.25, 0.3) is 0 Å². The lowest BCUT2D eigenvalue weighted by molar-refractivity contribution is 0.0953. The van der Waals surface area contributed by atoms with Crippen LogP contribution in [0.1, 0.15) is 22.3 Å². The molecule has 0 aromatic heterocycles. The fourth-order valence-electron chi connectivity index (χ4n) is 2.65. The van der Waals surface area contributed by atoms with Gasteiger partial charge in [-0.2, -0.15) is 0 Å². The highest BCUT2D eigenvalue weighted by atomic mass is 16.5. The van der Waals surface area contributed by atoms with Gasteiger partial charge in [-0.3, -0.25) is 4.79 Å². The van der Waals surface area contributed by atoms with Crippen LogP contribution in [-0.2, 0) is 6.61 Å². The SMILES string of the molecule is O=C(NCCCNc1ccccc1)c1cccc(OCc2ccccc2)c1. The number of benzene rings is 3. The summed E-state index contributed by atoms with van der Waals surface area (Å²) in [5, 5.41) is 6.28. The van der Waals surface area contributed by atoms with E-state index >= 15 is 0 Å². The van der Waals surface area contributed by atoms with E-state index in [9.17, 15) is 4.79 Å². The van der Waals surface area contributed by atoms with Gasteiger partial charge in [-0.25, -0.2) is 0 Å². The van der Waals surface area contributed by atoms with Gasteiger partial charge < -0.3 is 15.4 Å². The van der Waals surface area contributed by atoms with Crippen LogP contribution in [0, 0.1) is 0 Å². The Morgan fingerprint density at radius 3 is 2.33 bits per heavy atom. The molecule has 0 radical (unpaired) electrons. The molecule has 0 unspecified atom stereocenters. The first-order chi connectivity index (χ1) is 13.3. The van der Waals surface area contributed by atoms with E-state index in [-0.39, 0.29) is 5.91 Å². The van der Waals surface area contributed by atoms with E-state index in [0.717, 1.165) is 24.2 Å². The molecule has 0 atom stereocenters. The van der Waals surface area contributed by atoms with Gasteiger partial charge in [-0.15, -0.1) is 0 Å². The molecule has 3 rings (SSSR count). The summed E-state index contributed by atoms with van der Waals surface area (Å²) in [5.74, 6) is 0.608. The Bertz CT molecular complexity index is 835. The minimum absolute atomic E-state index is 0.0835. The number of hydrogen-bond donors (Lipinski definition) is 2. The van der Waals surface area contributed by atoms with Crippen molar-refractivity contribution in [1.29, 1.82) is 0 Å². The molecule has 4 heteroatoms. The van der Waals surface area contributed by atoms with Crippen molar-refractivity contribution >= 4 is 11.6 Å². The number of para-hydroxylation sites is 1. The van der Waals surface area contributed by atoms with Crippen molar-refractivity contribution in [2.45, 2.75) is 13.0 Å². The third kappa shape index (κ3) is 6.19. The zero-order valence-electron chi connectivity index (χ0n) is 15.2. The average Bonchev–Trinajstić information content (AvgIpc) is 2.73. The molecule has 0 heterocycles. The van der Waals surface area contributed by atoms with Gasteiger partial charge in [-0.05, 0) is 42.3 Å². The first kappa shape index (κ1) is 18.5. The maximum absolute atomic E-state index is 12.3. The highest BCUT2D eigenvalue weighted by Gasteiger charge is 2.06. The number of ether oxygens (including phenoxy) is 1. The monoisotopic (exact) mass is 360 g/mol. The van der Waals surface area contributed by atoms with Crippen LogP contribution in [0.4, 0.5) is 5.69 Å². The topological polar surface area (TPSA) is 50.4 Å². The van der Waals surface area contributed by atoms with Gasteiger partial charge in [0.05, 0.1) is 0 Å². The smallest absolute Gasteiger partial charge is 0.251 e. The molecule has 0 fully saturated rings. The highest BCUT2D eigenvalue weighted by Crippen LogP contribution is 2.15. The maximum atomic E-state index is 12.3. The second kappa shape index (κ2) is 10.0. The molecule has 27 heavy (non-hydrogen) atoms. The van der Waals surface area contributed by atoms with Gasteiger partial charge in [0, 0.05) is 24.3 Å². The Morgan fingerprint density at radius 1 is 0.815 bits per heavy atom. The fourth-order valence-corrected chi connectivity index (χ4v) is 2.65. The molecule has 0 aliphatic carbocycles. The minimum atomic E-state index is -0.0835. The quantitative estimate of drug-likeness (QED) is 0.553. The molecule has 2 N–H and O–H groups in total. The van der Waals surface area contributed by atoms with Crippen molar-refractivity contribution in [3.05, 3.63) is 96.1 Å². The first-order valence-corrected chi connectivity index (χ1v) is 9.15. The maximum Gasteiger partial charge on any atom is 0.251 e. The molecule has 0 saturated heterocycles. The summed E-state index contributed by atoms with van der Waals surface area (Å²) in [7, 11) is 0. The lowest BCUT2D eigenvalue weighted by atomic mass is 10.2. The van der Waals surface area contributed by atoms with Gasteiger partial charge in [0.1, 0.15) is 12.4 Å². The lowest BCUT2D eigenvalue weighted by Gasteiger charge is -2.10. The number of amides is 1. The molecule has 0 spiro atoms. The zero-order valence-corrected chi connectivity index (χ0v) is 15.2. The van der Waals surface area contributed by atoms with Crippen LogP contribution in [0.3, 0.4) is 0 Å². The van der Waals surface area contributed by atoms with Crippen LogP contribution >= 0.6 is 0 Å².